The number of nitrogens with zero attached hydrogens (tertiary/aromatic N) is 2. The summed E-state index contributed by atoms with van der Waals surface area (Å²) in [5.41, 5.74) is 1.94. The Kier molecular flexibility index (Phi) is 3.41. The highest BCUT2D eigenvalue weighted by Gasteiger charge is 2.02. The van der Waals surface area contributed by atoms with E-state index < -0.39 is 0 Å². The summed E-state index contributed by atoms with van der Waals surface area (Å²) in [6, 6.07) is 5.75. The van der Waals surface area contributed by atoms with E-state index in [2.05, 4.69) is 31.2 Å². The first-order chi connectivity index (χ1) is 7.65. The van der Waals surface area contributed by atoms with Gasteiger partial charge in [-0.1, -0.05) is 17.7 Å². The monoisotopic (exact) mass is 297 g/mol. The Morgan fingerprint density at radius 3 is 2.62 bits per heavy atom. The van der Waals surface area contributed by atoms with Gasteiger partial charge in [-0.2, -0.15) is 0 Å². The fraction of sp³-hybridized carbons (Fsp3) is 0.0909. The summed E-state index contributed by atoms with van der Waals surface area (Å²) in [5, 5.41) is 3.72. The molecule has 0 unspecified atom stereocenters. The van der Waals surface area contributed by atoms with Crippen molar-refractivity contribution in [1.82, 2.24) is 9.97 Å². The van der Waals surface area contributed by atoms with Crippen molar-refractivity contribution >= 4 is 39.2 Å². The number of hydrogen-bond donors (Lipinski definition) is 1. The van der Waals surface area contributed by atoms with Gasteiger partial charge in [0.15, 0.2) is 0 Å². The first-order valence-electron chi connectivity index (χ1n) is 4.66. The van der Waals surface area contributed by atoms with Crippen LogP contribution >= 0.6 is 27.5 Å². The van der Waals surface area contributed by atoms with Gasteiger partial charge in [-0.25, -0.2) is 9.97 Å². The summed E-state index contributed by atoms with van der Waals surface area (Å²) in [6.45, 7) is 2.00. The summed E-state index contributed by atoms with van der Waals surface area (Å²) in [6.07, 6.45) is 3.36. The number of aromatic nitrogens is 2. The van der Waals surface area contributed by atoms with E-state index >= 15 is 0 Å². The molecule has 0 radical (unpaired) electrons. The Balaban J connectivity index is 2.26. The normalized spacial score (nSPS) is 10.2. The van der Waals surface area contributed by atoms with E-state index in [4.69, 9.17) is 11.6 Å². The number of aryl methyl sites for hydroxylation is 1. The van der Waals surface area contributed by atoms with Crippen LogP contribution in [0.1, 0.15) is 5.56 Å². The van der Waals surface area contributed by atoms with Crippen LogP contribution in [0.5, 0.6) is 0 Å². The molecule has 1 aromatic carbocycles. The van der Waals surface area contributed by atoms with Crippen LogP contribution in [0.25, 0.3) is 0 Å². The van der Waals surface area contributed by atoms with E-state index in [1.165, 1.54) is 0 Å². The van der Waals surface area contributed by atoms with E-state index in [0.717, 1.165) is 15.7 Å². The molecular weight excluding hydrogens is 289 g/mol. The molecule has 0 fully saturated rings. The number of halogens is 2. The SMILES string of the molecule is Cc1ccc(Cl)c(Nc2ncc(Br)cn2)c1. The first-order valence-corrected chi connectivity index (χ1v) is 5.83. The molecule has 0 saturated carbocycles. The average molecular weight is 299 g/mol. The molecule has 3 nitrogen and oxygen atoms in total. The van der Waals surface area contributed by atoms with Gasteiger partial charge in [0, 0.05) is 12.4 Å². The van der Waals surface area contributed by atoms with E-state index in [0.29, 0.717) is 11.0 Å². The van der Waals surface area contributed by atoms with Crippen molar-refractivity contribution in [2.45, 2.75) is 6.92 Å². The maximum atomic E-state index is 6.05. The molecular formula is C11H9BrClN3. The first kappa shape index (κ1) is 11.4. The van der Waals surface area contributed by atoms with Crippen LogP contribution in [0.15, 0.2) is 35.1 Å². The summed E-state index contributed by atoms with van der Waals surface area (Å²) < 4.78 is 0.841. The van der Waals surface area contributed by atoms with Gasteiger partial charge in [0.25, 0.3) is 0 Å². The molecule has 82 valence electrons. The molecule has 16 heavy (non-hydrogen) atoms. The van der Waals surface area contributed by atoms with Gasteiger partial charge in [0.1, 0.15) is 0 Å². The topological polar surface area (TPSA) is 37.8 Å². The van der Waals surface area contributed by atoms with Gasteiger partial charge in [-0.3, -0.25) is 0 Å². The van der Waals surface area contributed by atoms with E-state index in [1.807, 2.05) is 25.1 Å². The molecule has 5 heteroatoms. The van der Waals surface area contributed by atoms with Gasteiger partial charge >= 0.3 is 0 Å². The number of anilines is 2. The Morgan fingerprint density at radius 1 is 1.25 bits per heavy atom. The third-order valence-corrected chi connectivity index (χ3v) is 2.73. The third kappa shape index (κ3) is 2.71. The smallest absolute Gasteiger partial charge is 0.227 e. The Labute approximate surface area is 107 Å². The Hall–Kier alpha value is -1.13. The molecule has 0 bridgehead atoms. The maximum Gasteiger partial charge on any atom is 0.227 e. The molecule has 1 aromatic heterocycles. The van der Waals surface area contributed by atoms with E-state index in [1.54, 1.807) is 12.4 Å². The van der Waals surface area contributed by atoms with E-state index in [9.17, 15) is 0 Å². The van der Waals surface area contributed by atoms with Gasteiger partial charge in [0.05, 0.1) is 15.2 Å². The predicted molar refractivity (Wildman–Crippen MR) is 69.2 cm³/mol. The summed E-state index contributed by atoms with van der Waals surface area (Å²) >= 11 is 9.33. The predicted octanol–water partition coefficient (Wildman–Crippen LogP) is 3.94. The largest absolute Gasteiger partial charge is 0.323 e. The van der Waals surface area contributed by atoms with Crippen molar-refractivity contribution in [1.29, 1.82) is 0 Å². The molecule has 0 aliphatic rings. The van der Waals surface area contributed by atoms with Crippen LogP contribution < -0.4 is 5.32 Å². The van der Waals surface area contributed by atoms with Crippen LogP contribution in [0.3, 0.4) is 0 Å². The van der Waals surface area contributed by atoms with E-state index in [-0.39, 0.29) is 0 Å². The highest BCUT2D eigenvalue weighted by molar-refractivity contribution is 9.10. The minimum absolute atomic E-state index is 0.524. The van der Waals surface area contributed by atoms with Crippen molar-refractivity contribution in [2.75, 3.05) is 5.32 Å². The second-order valence-electron chi connectivity index (χ2n) is 3.33. The van der Waals surface area contributed by atoms with Gasteiger partial charge in [-0.05, 0) is 40.5 Å². The summed E-state index contributed by atoms with van der Waals surface area (Å²) in [4.78, 5) is 8.23. The molecule has 0 saturated heterocycles. The highest BCUT2D eigenvalue weighted by atomic mass is 79.9. The van der Waals surface area contributed by atoms with Gasteiger partial charge in [0.2, 0.25) is 5.95 Å². The fourth-order valence-electron chi connectivity index (χ4n) is 1.23. The summed E-state index contributed by atoms with van der Waals surface area (Å²) in [7, 11) is 0. The van der Waals surface area contributed by atoms with Crippen molar-refractivity contribution in [3.05, 3.63) is 45.7 Å². The summed E-state index contributed by atoms with van der Waals surface area (Å²) in [5.74, 6) is 0.524. The van der Waals surface area contributed by atoms with Crippen molar-refractivity contribution < 1.29 is 0 Å². The minimum Gasteiger partial charge on any atom is -0.323 e. The molecule has 1 heterocycles. The van der Waals surface area contributed by atoms with Crippen LogP contribution in [-0.4, -0.2) is 9.97 Å². The van der Waals surface area contributed by atoms with Crippen LogP contribution in [0.2, 0.25) is 5.02 Å². The van der Waals surface area contributed by atoms with Gasteiger partial charge < -0.3 is 5.32 Å². The Bertz CT molecular complexity index is 499. The van der Waals surface area contributed by atoms with Crippen LogP contribution in [0, 0.1) is 6.92 Å². The number of benzene rings is 1. The van der Waals surface area contributed by atoms with Gasteiger partial charge in [-0.15, -0.1) is 0 Å². The lowest BCUT2D eigenvalue weighted by atomic mass is 10.2. The second kappa shape index (κ2) is 4.80. The van der Waals surface area contributed by atoms with Crippen molar-refractivity contribution in [2.24, 2.45) is 0 Å². The fourth-order valence-corrected chi connectivity index (χ4v) is 1.60. The number of nitrogens with one attached hydrogen (secondary N) is 1. The van der Waals surface area contributed by atoms with Crippen LogP contribution in [0.4, 0.5) is 11.6 Å². The number of hydrogen-bond acceptors (Lipinski definition) is 3. The molecule has 0 atom stereocenters. The third-order valence-electron chi connectivity index (χ3n) is 1.99. The molecule has 0 amide bonds. The zero-order valence-corrected chi connectivity index (χ0v) is 10.9. The molecule has 1 N–H and O–H groups in total. The second-order valence-corrected chi connectivity index (χ2v) is 4.66. The lowest BCUT2D eigenvalue weighted by Gasteiger charge is -2.07. The van der Waals surface area contributed by atoms with Crippen molar-refractivity contribution in [3.8, 4) is 0 Å². The maximum absolute atomic E-state index is 6.05. The highest BCUT2D eigenvalue weighted by Crippen LogP contribution is 2.25. The number of rotatable bonds is 2. The van der Waals surface area contributed by atoms with Crippen LogP contribution in [-0.2, 0) is 0 Å². The standard InChI is InChI=1S/C11H9BrClN3/c1-7-2-3-9(13)10(4-7)16-11-14-5-8(12)6-15-11/h2-6H,1H3,(H,14,15,16). The minimum atomic E-state index is 0.524. The molecule has 2 rings (SSSR count). The average Bonchev–Trinajstić information content (AvgIpc) is 2.27. The molecule has 2 aromatic rings. The lowest BCUT2D eigenvalue weighted by Crippen LogP contribution is -1.97. The lowest BCUT2D eigenvalue weighted by molar-refractivity contribution is 1.15. The quantitative estimate of drug-likeness (QED) is 0.912. The zero-order valence-electron chi connectivity index (χ0n) is 8.54. The molecule has 0 aliphatic heterocycles. The molecule has 0 aliphatic carbocycles. The zero-order chi connectivity index (χ0) is 11.5. The molecule has 0 spiro atoms. The Morgan fingerprint density at radius 2 is 1.94 bits per heavy atom. The van der Waals surface area contributed by atoms with Crippen molar-refractivity contribution in [3.63, 3.8) is 0 Å².